The molecule has 154 valence electrons. The zero-order valence-corrected chi connectivity index (χ0v) is 16.5. The van der Waals surface area contributed by atoms with E-state index < -0.39 is 4.92 Å². The van der Waals surface area contributed by atoms with Crippen LogP contribution in [-0.4, -0.2) is 48.2 Å². The van der Waals surface area contributed by atoms with E-state index in [0.29, 0.717) is 37.9 Å². The summed E-state index contributed by atoms with van der Waals surface area (Å²) in [6.45, 7) is 6.43. The number of morpholine rings is 1. The molecule has 1 aliphatic heterocycles. The minimum absolute atomic E-state index is 0.0283. The summed E-state index contributed by atoms with van der Waals surface area (Å²) in [5.74, 6) is 0.140. The van der Waals surface area contributed by atoms with Gasteiger partial charge in [-0.15, -0.1) is 0 Å². The SMILES string of the molecule is CC(C)Oc1ccc(CNC(=O)c2cc([N+](=O)[O-])ccc2N2CCOCC2)cn1. The molecule has 1 amide bonds. The van der Waals surface area contributed by atoms with Crippen molar-refractivity contribution in [3.8, 4) is 5.88 Å². The number of pyridine rings is 1. The lowest BCUT2D eigenvalue weighted by Crippen LogP contribution is -2.38. The van der Waals surface area contributed by atoms with Crippen LogP contribution in [0, 0.1) is 10.1 Å². The van der Waals surface area contributed by atoms with Gasteiger partial charge in [0.15, 0.2) is 0 Å². The highest BCUT2D eigenvalue weighted by Gasteiger charge is 2.22. The number of non-ortho nitro benzene ring substituents is 1. The monoisotopic (exact) mass is 400 g/mol. The van der Waals surface area contributed by atoms with E-state index in [1.54, 1.807) is 18.3 Å². The Kier molecular flexibility index (Phi) is 6.61. The van der Waals surface area contributed by atoms with Crippen LogP contribution in [0.3, 0.4) is 0 Å². The number of nitrogens with one attached hydrogen (secondary N) is 1. The van der Waals surface area contributed by atoms with E-state index >= 15 is 0 Å². The lowest BCUT2D eigenvalue weighted by molar-refractivity contribution is -0.384. The average Bonchev–Trinajstić information content (AvgIpc) is 2.72. The molecule has 0 aliphatic carbocycles. The number of anilines is 1. The molecule has 0 spiro atoms. The van der Waals surface area contributed by atoms with Crippen LogP contribution < -0.4 is 15.0 Å². The van der Waals surface area contributed by atoms with Crippen LogP contribution in [-0.2, 0) is 11.3 Å². The Bertz CT molecular complexity index is 864. The van der Waals surface area contributed by atoms with Gasteiger partial charge in [-0.2, -0.15) is 0 Å². The van der Waals surface area contributed by atoms with Gasteiger partial charge in [-0.1, -0.05) is 6.07 Å². The molecule has 1 N–H and O–H groups in total. The van der Waals surface area contributed by atoms with Crippen LogP contribution in [0.1, 0.15) is 29.8 Å². The first-order valence-electron chi connectivity index (χ1n) is 9.45. The van der Waals surface area contributed by atoms with Crippen molar-refractivity contribution in [3.63, 3.8) is 0 Å². The predicted molar refractivity (Wildman–Crippen MR) is 107 cm³/mol. The molecule has 3 rings (SSSR count). The fourth-order valence-electron chi connectivity index (χ4n) is 3.00. The van der Waals surface area contributed by atoms with Crippen molar-refractivity contribution in [1.82, 2.24) is 10.3 Å². The second kappa shape index (κ2) is 9.33. The van der Waals surface area contributed by atoms with E-state index in [-0.39, 0.29) is 29.8 Å². The molecule has 9 heteroatoms. The first-order valence-corrected chi connectivity index (χ1v) is 9.45. The van der Waals surface area contributed by atoms with Crippen molar-refractivity contribution in [2.75, 3.05) is 31.2 Å². The minimum atomic E-state index is -0.503. The number of benzene rings is 1. The van der Waals surface area contributed by atoms with Gasteiger partial charge in [-0.25, -0.2) is 4.98 Å². The fraction of sp³-hybridized carbons (Fsp3) is 0.400. The summed E-state index contributed by atoms with van der Waals surface area (Å²) in [6.07, 6.45) is 1.66. The van der Waals surface area contributed by atoms with Crippen molar-refractivity contribution in [3.05, 3.63) is 57.8 Å². The summed E-state index contributed by atoms with van der Waals surface area (Å²) >= 11 is 0. The van der Waals surface area contributed by atoms with E-state index in [1.807, 2.05) is 24.8 Å². The number of rotatable bonds is 7. The zero-order valence-electron chi connectivity index (χ0n) is 16.5. The highest BCUT2D eigenvalue weighted by atomic mass is 16.6. The van der Waals surface area contributed by atoms with Crippen molar-refractivity contribution in [1.29, 1.82) is 0 Å². The molecule has 1 saturated heterocycles. The van der Waals surface area contributed by atoms with Crippen molar-refractivity contribution >= 4 is 17.3 Å². The van der Waals surface area contributed by atoms with Gasteiger partial charge >= 0.3 is 0 Å². The molecule has 2 aromatic rings. The van der Waals surface area contributed by atoms with Crippen LogP contribution in [0.15, 0.2) is 36.5 Å². The number of hydrogen-bond donors (Lipinski definition) is 1. The van der Waals surface area contributed by atoms with Gasteiger partial charge in [-0.05, 0) is 25.5 Å². The Balaban J connectivity index is 1.74. The van der Waals surface area contributed by atoms with Gasteiger partial charge in [0.05, 0.1) is 35.5 Å². The van der Waals surface area contributed by atoms with Crippen LogP contribution >= 0.6 is 0 Å². The zero-order chi connectivity index (χ0) is 20.8. The topological polar surface area (TPSA) is 107 Å². The Morgan fingerprint density at radius 3 is 2.69 bits per heavy atom. The van der Waals surface area contributed by atoms with Crippen LogP contribution in [0.5, 0.6) is 5.88 Å². The smallest absolute Gasteiger partial charge is 0.270 e. The first-order chi connectivity index (χ1) is 13.9. The predicted octanol–water partition coefficient (Wildman–Crippen LogP) is 2.54. The highest BCUT2D eigenvalue weighted by molar-refractivity contribution is 6.00. The van der Waals surface area contributed by atoms with Gasteiger partial charge in [0.1, 0.15) is 0 Å². The third-order valence-corrected chi connectivity index (χ3v) is 4.39. The van der Waals surface area contributed by atoms with E-state index in [0.717, 1.165) is 5.56 Å². The van der Waals surface area contributed by atoms with Crippen LogP contribution in [0.25, 0.3) is 0 Å². The Labute approximate surface area is 168 Å². The Hall–Kier alpha value is -3.20. The molecule has 1 aromatic heterocycles. The van der Waals surface area contributed by atoms with Crippen LogP contribution in [0.2, 0.25) is 0 Å². The van der Waals surface area contributed by atoms with E-state index in [1.165, 1.54) is 12.1 Å². The summed E-state index contributed by atoms with van der Waals surface area (Å²) in [6, 6.07) is 7.92. The number of aromatic nitrogens is 1. The molecule has 0 radical (unpaired) electrons. The van der Waals surface area contributed by atoms with Gasteiger partial charge < -0.3 is 19.7 Å². The third kappa shape index (κ3) is 5.41. The summed E-state index contributed by atoms with van der Waals surface area (Å²) in [5.41, 5.74) is 1.61. The first kappa shape index (κ1) is 20.5. The number of nitro benzene ring substituents is 1. The molecule has 2 heterocycles. The van der Waals surface area contributed by atoms with Crippen molar-refractivity contribution in [2.24, 2.45) is 0 Å². The third-order valence-electron chi connectivity index (χ3n) is 4.39. The van der Waals surface area contributed by atoms with Gasteiger partial charge in [-0.3, -0.25) is 14.9 Å². The molecule has 1 fully saturated rings. The van der Waals surface area contributed by atoms with E-state index in [2.05, 4.69) is 10.3 Å². The second-order valence-corrected chi connectivity index (χ2v) is 6.91. The van der Waals surface area contributed by atoms with E-state index in [9.17, 15) is 14.9 Å². The van der Waals surface area contributed by atoms with Gasteiger partial charge in [0, 0.05) is 44.0 Å². The number of hydrogen-bond acceptors (Lipinski definition) is 7. The number of nitro groups is 1. The fourth-order valence-corrected chi connectivity index (χ4v) is 3.00. The number of ether oxygens (including phenoxy) is 2. The lowest BCUT2D eigenvalue weighted by Gasteiger charge is -2.30. The number of carbonyl (C=O) groups excluding carboxylic acids is 1. The molecule has 1 aromatic carbocycles. The second-order valence-electron chi connectivity index (χ2n) is 6.91. The number of nitrogens with zero attached hydrogens (tertiary/aromatic N) is 3. The molecule has 0 saturated carbocycles. The Morgan fingerprint density at radius 2 is 2.07 bits per heavy atom. The summed E-state index contributed by atoms with van der Waals surface area (Å²) in [4.78, 5) is 29.7. The maximum absolute atomic E-state index is 12.8. The molecule has 1 aliphatic rings. The summed E-state index contributed by atoms with van der Waals surface area (Å²) in [7, 11) is 0. The van der Waals surface area contributed by atoms with Crippen LogP contribution in [0.4, 0.5) is 11.4 Å². The molecule has 0 atom stereocenters. The summed E-state index contributed by atoms with van der Waals surface area (Å²) < 4.78 is 10.9. The standard InChI is InChI=1S/C20H24N4O5/c1-14(2)29-19-6-3-15(12-21-19)13-22-20(25)17-11-16(24(26)27)4-5-18(17)23-7-9-28-10-8-23/h3-6,11-12,14H,7-10,13H2,1-2H3,(H,22,25). The van der Waals surface area contributed by atoms with Gasteiger partial charge in [0.2, 0.25) is 5.88 Å². The van der Waals surface area contributed by atoms with Crippen molar-refractivity contribution in [2.45, 2.75) is 26.5 Å². The normalized spacial score (nSPS) is 14.0. The Morgan fingerprint density at radius 1 is 1.31 bits per heavy atom. The molecular weight excluding hydrogens is 376 g/mol. The molecule has 0 unspecified atom stereocenters. The average molecular weight is 400 g/mol. The highest BCUT2D eigenvalue weighted by Crippen LogP contribution is 2.26. The summed E-state index contributed by atoms with van der Waals surface area (Å²) in [5, 5.41) is 14.0. The van der Waals surface area contributed by atoms with E-state index in [4.69, 9.17) is 9.47 Å². The maximum Gasteiger partial charge on any atom is 0.270 e. The lowest BCUT2D eigenvalue weighted by atomic mass is 10.1. The number of amides is 1. The number of carbonyl (C=O) groups is 1. The molecular formula is C20H24N4O5. The van der Waals surface area contributed by atoms with Gasteiger partial charge in [0.25, 0.3) is 11.6 Å². The largest absolute Gasteiger partial charge is 0.475 e. The molecule has 0 bridgehead atoms. The van der Waals surface area contributed by atoms with Crippen molar-refractivity contribution < 1.29 is 19.2 Å². The maximum atomic E-state index is 12.8. The molecule has 9 nitrogen and oxygen atoms in total. The minimum Gasteiger partial charge on any atom is -0.475 e. The molecule has 29 heavy (non-hydrogen) atoms. The quantitative estimate of drug-likeness (QED) is 0.562.